The number of methoxy groups -OCH3 is 2. The van der Waals surface area contributed by atoms with Crippen LogP contribution in [0, 0.1) is 5.92 Å². The topological polar surface area (TPSA) is 98.2 Å². The second-order valence-corrected chi connectivity index (χ2v) is 10.2. The van der Waals surface area contributed by atoms with Crippen LogP contribution in [-0.4, -0.2) is 91.3 Å². The number of morpholine rings is 1. The summed E-state index contributed by atoms with van der Waals surface area (Å²) in [6, 6.07) is 12.7. The molecule has 0 radical (unpaired) electrons. The maximum atomic E-state index is 13.3. The maximum absolute atomic E-state index is 13.3. The Bertz CT molecular complexity index is 1300. The van der Waals surface area contributed by atoms with E-state index in [2.05, 4.69) is 10.2 Å². The highest BCUT2D eigenvalue weighted by Crippen LogP contribution is 2.32. The molecule has 1 aliphatic rings. The molecule has 10 nitrogen and oxygen atoms in total. The number of rotatable bonds is 11. The number of nitrogens with zero attached hydrogens (tertiary/aromatic N) is 4. The molecule has 0 spiro atoms. The number of carbonyl (C=O) groups excluding carboxylic acids is 2. The van der Waals surface area contributed by atoms with Gasteiger partial charge < -0.3 is 19.1 Å². The van der Waals surface area contributed by atoms with E-state index in [1.807, 2.05) is 38.2 Å². The number of hydrogen-bond donors (Lipinski definition) is 1. The fourth-order valence-electron chi connectivity index (χ4n) is 4.46. The van der Waals surface area contributed by atoms with Gasteiger partial charge in [0.15, 0.2) is 11.5 Å². The molecule has 1 aliphatic heterocycles. The largest absolute Gasteiger partial charge is 0.493 e. The summed E-state index contributed by atoms with van der Waals surface area (Å²) in [7, 11) is 3.14. The van der Waals surface area contributed by atoms with Crippen molar-refractivity contribution in [2.45, 2.75) is 13.8 Å². The summed E-state index contributed by atoms with van der Waals surface area (Å²) in [5.74, 6) is 0.781. The van der Waals surface area contributed by atoms with Crippen molar-refractivity contribution in [1.29, 1.82) is 0 Å². The molecule has 4 rings (SSSR count). The molecule has 1 N–H and O–H groups in total. The monoisotopic (exact) mass is 569 g/mol. The third kappa shape index (κ3) is 7.32. The number of anilines is 1. The van der Waals surface area contributed by atoms with Crippen molar-refractivity contribution in [3.05, 3.63) is 53.7 Å². The molecule has 214 valence electrons. The van der Waals surface area contributed by atoms with Gasteiger partial charge in [-0.15, -0.1) is 0 Å². The van der Waals surface area contributed by atoms with E-state index < -0.39 is 0 Å². The van der Waals surface area contributed by atoms with E-state index in [1.54, 1.807) is 48.0 Å². The minimum atomic E-state index is -0.342. The summed E-state index contributed by atoms with van der Waals surface area (Å²) in [4.78, 5) is 34.9. The number of aromatic nitrogens is 2. The number of benzene rings is 2. The Morgan fingerprint density at radius 3 is 2.42 bits per heavy atom. The maximum Gasteiger partial charge on any atom is 0.246 e. The summed E-state index contributed by atoms with van der Waals surface area (Å²) >= 11 is 6.08. The Morgan fingerprint density at radius 2 is 1.77 bits per heavy atom. The Kier molecular flexibility index (Phi) is 10.0. The van der Waals surface area contributed by atoms with Gasteiger partial charge in [-0.3, -0.25) is 24.4 Å². The zero-order valence-corrected chi connectivity index (χ0v) is 24.1. The molecule has 1 fully saturated rings. The lowest BCUT2D eigenvalue weighted by molar-refractivity contribution is -0.137. The Balaban J connectivity index is 1.59. The molecule has 11 heteroatoms. The van der Waals surface area contributed by atoms with E-state index in [4.69, 9.17) is 30.8 Å². The predicted octanol–water partition coefficient (Wildman–Crippen LogP) is 3.97. The predicted molar refractivity (Wildman–Crippen MR) is 154 cm³/mol. The summed E-state index contributed by atoms with van der Waals surface area (Å²) in [6.45, 7) is 7.68. The van der Waals surface area contributed by atoms with Crippen molar-refractivity contribution in [2.24, 2.45) is 5.92 Å². The van der Waals surface area contributed by atoms with Gasteiger partial charge in [-0.1, -0.05) is 37.6 Å². The molecule has 1 aromatic heterocycles. The van der Waals surface area contributed by atoms with Crippen LogP contribution in [-0.2, 0) is 14.3 Å². The third-order valence-electron chi connectivity index (χ3n) is 6.67. The molecule has 0 aliphatic carbocycles. The smallest absolute Gasteiger partial charge is 0.246 e. The molecule has 0 bridgehead atoms. The van der Waals surface area contributed by atoms with Crippen LogP contribution in [0.15, 0.2) is 48.7 Å². The minimum absolute atomic E-state index is 0.0755. The van der Waals surface area contributed by atoms with E-state index >= 15 is 0 Å². The van der Waals surface area contributed by atoms with Crippen LogP contribution in [0.1, 0.15) is 13.8 Å². The van der Waals surface area contributed by atoms with E-state index in [0.29, 0.717) is 60.2 Å². The number of nitrogens with one attached hydrogen (secondary N) is 1. The average molecular weight is 570 g/mol. The van der Waals surface area contributed by atoms with Gasteiger partial charge in [0.25, 0.3) is 0 Å². The summed E-state index contributed by atoms with van der Waals surface area (Å²) in [5.41, 5.74) is 2.19. The number of imidazole rings is 1. The fourth-order valence-corrected chi connectivity index (χ4v) is 4.58. The highest BCUT2D eigenvalue weighted by molar-refractivity contribution is 6.30. The van der Waals surface area contributed by atoms with Gasteiger partial charge in [0, 0.05) is 54.9 Å². The van der Waals surface area contributed by atoms with Gasteiger partial charge in [-0.25, -0.2) is 4.98 Å². The van der Waals surface area contributed by atoms with Crippen molar-refractivity contribution in [2.75, 3.05) is 65.5 Å². The van der Waals surface area contributed by atoms with Gasteiger partial charge in [-0.05, 0) is 24.3 Å². The lowest BCUT2D eigenvalue weighted by Gasteiger charge is -2.30. The summed E-state index contributed by atoms with van der Waals surface area (Å²) < 4.78 is 18.1. The van der Waals surface area contributed by atoms with Gasteiger partial charge in [0.2, 0.25) is 17.8 Å². The van der Waals surface area contributed by atoms with Crippen LogP contribution in [0.3, 0.4) is 0 Å². The van der Waals surface area contributed by atoms with Gasteiger partial charge in [0.05, 0.1) is 45.4 Å². The Labute approximate surface area is 239 Å². The first-order chi connectivity index (χ1) is 19.3. The van der Waals surface area contributed by atoms with Crippen molar-refractivity contribution in [3.8, 4) is 28.4 Å². The zero-order valence-electron chi connectivity index (χ0n) is 23.4. The number of carbonyl (C=O) groups is 2. The number of amides is 2. The molecule has 40 heavy (non-hydrogen) atoms. The van der Waals surface area contributed by atoms with Crippen LogP contribution in [0.2, 0.25) is 5.02 Å². The number of hydrogen-bond acceptors (Lipinski definition) is 7. The molecule has 2 heterocycles. The van der Waals surface area contributed by atoms with Crippen molar-refractivity contribution < 1.29 is 23.8 Å². The average Bonchev–Trinajstić information content (AvgIpc) is 3.38. The number of halogens is 1. The Morgan fingerprint density at radius 1 is 1.07 bits per heavy atom. The van der Waals surface area contributed by atoms with Crippen LogP contribution in [0.4, 0.5) is 5.95 Å². The zero-order chi connectivity index (χ0) is 28.6. The molecular weight excluding hydrogens is 534 g/mol. The highest BCUT2D eigenvalue weighted by atomic mass is 35.5. The SMILES string of the molecule is COc1ccc(-n2cc(-c3ccc(Cl)cc3)nc2NC(=O)CN(CCN2CCOCC2)C(=O)C(C)C)cc1OC. The third-order valence-corrected chi connectivity index (χ3v) is 6.92. The van der Waals surface area contributed by atoms with Crippen LogP contribution >= 0.6 is 11.6 Å². The van der Waals surface area contributed by atoms with Crippen LogP contribution in [0.25, 0.3) is 16.9 Å². The van der Waals surface area contributed by atoms with Crippen LogP contribution < -0.4 is 14.8 Å². The van der Waals surface area contributed by atoms with E-state index in [-0.39, 0.29) is 24.3 Å². The first-order valence-corrected chi connectivity index (χ1v) is 13.6. The quantitative estimate of drug-likeness (QED) is 0.373. The highest BCUT2D eigenvalue weighted by Gasteiger charge is 2.23. The molecule has 2 amide bonds. The molecule has 0 saturated carbocycles. The Hall–Kier alpha value is -3.60. The first kappa shape index (κ1) is 29.4. The molecule has 3 aromatic rings. The van der Waals surface area contributed by atoms with Gasteiger partial charge in [0.1, 0.15) is 0 Å². The van der Waals surface area contributed by atoms with Gasteiger partial charge in [-0.2, -0.15) is 0 Å². The molecule has 0 unspecified atom stereocenters. The van der Waals surface area contributed by atoms with Gasteiger partial charge >= 0.3 is 0 Å². The normalized spacial score (nSPS) is 13.8. The van der Waals surface area contributed by atoms with E-state index in [1.165, 1.54) is 0 Å². The van der Waals surface area contributed by atoms with E-state index in [9.17, 15) is 9.59 Å². The van der Waals surface area contributed by atoms with Crippen molar-refractivity contribution in [3.63, 3.8) is 0 Å². The molecule has 0 atom stereocenters. The fraction of sp³-hybridized carbons (Fsp3) is 0.414. The van der Waals surface area contributed by atoms with Crippen LogP contribution in [0.5, 0.6) is 11.5 Å². The second-order valence-electron chi connectivity index (χ2n) is 9.78. The number of ether oxygens (including phenoxy) is 3. The minimum Gasteiger partial charge on any atom is -0.493 e. The second kappa shape index (κ2) is 13.6. The molecule has 2 aromatic carbocycles. The standard InChI is InChI=1S/C29H36ClN5O5/c1-20(2)28(37)34(12-11-33-13-15-40-16-14-33)19-27(36)32-29-31-24(21-5-7-22(30)8-6-21)18-35(29)23-9-10-25(38-3)26(17-23)39-4/h5-10,17-18,20H,11-16,19H2,1-4H3,(H,31,32,36). The van der Waals surface area contributed by atoms with Crippen molar-refractivity contribution >= 4 is 29.4 Å². The van der Waals surface area contributed by atoms with Crippen molar-refractivity contribution in [1.82, 2.24) is 19.4 Å². The van der Waals surface area contributed by atoms with E-state index in [0.717, 1.165) is 18.7 Å². The summed E-state index contributed by atoms with van der Waals surface area (Å²) in [5, 5.41) is 3.54. The lowest BCUT2D eigenvalue weighted by Crippen LogP contribution is -2.46. The molecule has 1 saturated heterocycles. The first-order valence-electron chi connectivity index (χ1n) is 13.3. The lowest BCUT2D eigenvalue weighted by atomic mass is 10.2. The summed E-state index contributed by atoms with van der Waals surface area (Å²) in [6.07, 6.45) is 1.83. The molecular formula is C29H36ClN5O5.